The maximum absolute atomic E-state index is 5.77. The molecule has 1 saturated heterocycles. The van der Waals surface area contributed by atoms with Gasteiger partial charge in [0.15, 0.2) is 11.6 Å². The highest BCUT2D eigenvalue weighted by molar-refractivity contribution is 9.09. The number of rotatable bonds is 6. The Hall–Kier alpha value is -0.810. The van der Waals surface area contributed by atoms with Gasteiger partial charge in [-0.3, -0.25) is 0 Å². The fourth-order valence-corrected chi connectivity index (χ4v) is 2.52. The molecule has 0 aromatic carbocycles. The molecule has 0 aliphatic carbocycles. The predicted octanol–water partition coefficient (Wildman–Crippen LogP) is 2.86. The Morgan fingerprint density at radius 1 is 1.42 bits per heavy atom. The van der Waals surface area contributed by atoms with Gasteiger partial charge in [0.25, 0.3) is 0 Å². The molecule has 106 valence electrons. The minimum atomic E-state index is 0.382. The molecular formula is C14H21BrN2O2. The molecule has 0 spiro atoms. The Kier molecular flexibility index (Phi) is 5.92. The third-order valence-corrected chi connectivity index (χ3v) is 3.55. The van der Waals surface area contributed by atoms with Gasteiger partial charge in [-0.2, -0.15) is 0 Å². The maximum Gasteiger partial charge on any atom is 0.171 e. The summed E-state index contributed by atoms with van der Waals surface area (Å²) in [4.78, 5) is 6.75. The first-order chi connectivity index (χ1) is 9.35. The highest BCUT2D eigenvalue weighted by Crippen LogP contribution is 2.28. The molecule has 0 N–H and O–H groups in total. The zero-order valence-electron chi connectivity index (χ0n) is 11.3. The van der Waals surface area contributed by atoms with E-state index in [1.54, 1.807) is 0 Å². The zero-order valence-corrected chi connectivity index (χ0v) is 12.9. The quantitative estimate of drug-likeness (QED) is 0.752. The standard InChI is InChI=1S/C14H21BrN2O2/c1-2-18-13-4-3-8-16-14(13)17-9-5-12(6-10-17)19-11-7-15/h3-4,8,12H,2,5-7,9-11H2,1H3. The summed E-state index contributed by atoms with van der Waals surface area (Å²) in [5.74, 6) is 1.84. The van der Waals surface area contributed by atoms with Crippen molar-refractivity contribution in [2.45, 2.75) is 25.9 Å². The SMILES string of the molecule is CCOc1cccnc1N1CCC(OCCBr)CC1. The number of hydrogen-bond donors (Lipinski definition) is 0. The van der Waals surface area contributed by atoms with Gasteiger partial charge in [0.1, 0.15) is 0 Å². The van der Waals surface area contributed by atoms with Gasteiger partial charge in [0.2, 0.25) is 0 Å². The number of alkyl halides is 1. The molecule has 1 aliphatic rings. The summed E-state index contributed by atoms with van der Waals surface area (Å²) in [5.41, 5.74) is 0. The van der Waals surface area contributed by atoms with E-state index in [0.29, 0.717) is 12.7 Å². The first-order valence-corrected chi connectivity index (χ1v) is 7.97. The average Bonchev–Trinajstić information content (AvgIpc) is 2.47. The molecule has 0 saturated carbocycles. The summed E-state index contributed by atoms with van der Waals surface area (Å²) in [6.45, 7) is 5.41. The molecule has 0 radical (unpaired) electrons. The van der Waals surface area contributed by atoms with Crippen molar-refractivity contribution in [1.29, 1.82) is 0 Å². The summed E-state index contributed by atoms with van der Waals surface area (Å²) < 4.78 is 11.4. The molecule has 2 rings (SSSR count). The Balaban J connectivity index is 1.93. The van der Waals surface area contributed by atoms with Gasteiger partial charge in [0, 0.05) is 24.6 Å². The molecule has 19 heavy (non-hydrogen) atoms. The molecule has 0 bridgehead atoms. The third-order valence-electron chi connectivity index (χ3n) is 3.22. The van der Waals surface area contributed by atoms with Crippen LogP contribution in [0.1, 0.15) is 19.8 Å². The second kappa shape index (κ2) is 7.70. The van der Waals surface area contributed by atoms with E-state index < -0.39 is 0 Å². The van der Waals surface area contributed by atoms with Crippen LogP contribution in [0.4, 0.5) is 5.82 Å². The largest absolute Gasteiger partial charge is 0.490 e. The molecule has 1 aromatic heterocycles. The molecule has 5 heteroatoms. The predicted molar refractivity (Wildman–Crippen MR) is 80.4 cm³/mol. The van der Waals surface area contributed by atoms with Crippen molar-refractivity contribution in [1.82, 2.24) is 4.98 Å². The Labute approximate surface area is 123 Å². The lowest BCUT2D eigenvalue weighted by molar-refractivity contribution is 0.0479. The number of nitrogens with zero attached hydrogens (tertiary/aromatic N) is 2. The van der Waals surface area contributed by atoms with Crippen LogP contribution in [-0.2, 0) is 4.74 Å². The van der Waals surface area contributed by atoms with Crippen LogP contribution < -0.4 is 9.64 Å². The van der Waals surface area contributed by atoms with Crippen molar-refractivity contribution in [2.75, 3.05) is 36.5 Å². The number of aromatic nitrogens is 1. The van der Waals surface area contributed by atoms with Gasteiger partial charge in [-0.1, -0.05) is 15.9 Å². The smallest absolute Gasteiger partial charge is 0.171 e. The van der Waals surface area contributed by atoms with Crippen LogP contribution >= 0.6 is 15.9 Å². The molecule has 0 unspecified atom stereocenters. The number of piperidine rings is 1. The number of halogens is 1. The third kappa shape index (κ3) is 4.08. The summed E-state index contributed by atoms with van der Waals surface area (Å²) in [7, 11) is 0. The minimum absolute atomic E-state index is 0.382. The summed E-state index contributed by atoms with van der Waals surface area (Å²) in [6.07, 6.45) is 4.31. The summed E-state index contributed by atoms with van der Waals surface area (Å²) >= 11 is 3.39. The second-order valence-corrected chi connectivity index (χ2v) is 5.30. The van der Waals surface area contributed by atoms with Gasteiger partial charge in [-0.05, 0) is 31.9 Å². The average molecular weight is 329 g/mol. The Bertz CT molecular complexity index is 381. The van der Waals surface area contributed by atoms with Crippen LogP contribution in [0.25, 0.3) is 0 Å². The van der Waals surface area contributed by atoms with E-state index in [9.17, 15) is 0 Å². The minimum Gasteiger partial charge on any atom is -0.490 e. The second-order valence-electron chi connectivity index (χ2n) is 4.50. The number of ether oxygens (including phenoxy) is 2. The van der Waals surface area contributed by atoms with Gasteiger partial charge >= 0.3 is 0 Å². The van der Waals surface area contributed by atoms with E-state index in [4.69, 9.17) is 9.47 Å². The first kappa shape index (κ1) is 14.6. The van der Waals surface area contributed by atoms with Crippen LogP contribution in [0, 0.1) is 0 Å². The molecule has 2 heterocycles. The lowest BCUT2D eigenvalue weighted by atomic mass is 10.1. The van der Waals surface area contributed by atoms with Crippen molar-refractivity contribution < 1.29 is 9.47 Å². The van der Waals surface area contributed by atoms with Crippen molar-refractivity contribution in [3.05, 3.63) is 18.3 Å². The normalized spacial score (nSPS) is 16.6. The number of pyridine rings is 1. The topological polar surface area (TPSA) is 34.6 Å². The van der Waals surface area contributed by atoms with Gasteiger partial charge < -0.3 is 14.4 Å². The molecule has 4 nitrogen and oxygen atoms in total. The van der Waals surface area contributed by atoms with Crippen LogP contribution in [-0.4, -0.2) is 42.7 Å². The summed E-state index contributed by atoms with van der Waals surface area (Å²) in [6, 6.07) is 3.90. The lowest BCUT2D eigenvalue weighted by Gasteiger charge is -2.33. The van der Waals surface area contributed by atoms with E-state index in [-0.39, 0.29) is 0 Å². The van der Waals surface area contributed by atoms with Crippen LogP contribution in [0.5, 0.6) is 5.75 Å². The maximum atomic E-state index is 5.77. The van der Waals surface area contributed by atoms with E-state index in [1.807, 2.05) is 25.3 Å². The van der Waals surface area contributed by atoms with Crippen LogP contribution in [0.15, 0.2) is 18.3 Å². The lowest BCUT2D eigenvalue weighted by Crippen LogP contribution is -2.38. The van der Waals surface area contributed by atoms with Crippen molar-refractivity contribution in [3.8, 4) is 5.75 Å². The van der Waals surface area contributed by atoms with Crippen molar-refractivity contribution in [2.24, 2.45) is 0 Å². The van der Waals surface area contributed by atoms with E-state index >= 15 is 0 Å². The highest BCUT2D eigenvalue weighted by Gasteiger charge is 2.22. The van der Waals surface area contributed by atoms with Crippen molar-refractivity contribution >= 4 is 21.7 Å². The molecular weight excluding hydrogens is 308 g/mol. The van der Waals surface area contributed by atoms with E-state index in [1.165, 1.54) is 0 Å². The van der Waals surface area contributed by atoms with Gasteiger partial charge in [-0.25, -0.2) is 4.98 Å². The molecule has 0 atom stereocenters. The Morgan fingerprint density at radius 2 is 2.21 bits per heavy atom. The fourth-order valence-electron chi connectivity index (χ4n) is 2.33. The van der Waals surface area contributed by atoms with Gasteiger partial charge in [0.05, 0.1) is 19.3 Å². The first-order valence-electron chi connectivity index (χ1n) is 6.85. The zero-order chi connectivity index (χ0) is 13.5. The van der Waals surface area contributed by atoms with Crippen molar-refractivity contribution in [3.63, 3.8) is 0 Å². The molecule has 1 aliphatic heterocycles. The highest BCUT2D eigenvalue weighted by atomic mass is 79.9. The monoisotopic (exact) mass is 328 g/mol. The summed E-state index contributed by atoms with van der Waals surface area (Å²) in [5, 5.41) is 0.905. The molecule has 0 amide bonds. The number of anilines is 1. The molecule has 1 aromatic rings. The van der Waals surface area contributed by atoms with Crippen LogP contribution in [0.2, 0.25) is 0 Å². The Morgan fingerprint density at radius 3 is 2.89 bits per heavy atom. The van der Waals surface area contributed by atoms with Gasteiger partial charge in [-0.15, -0.1) is 0 Å². The fraction of sp³-hybridized carbons (Fsp3) is 0.643. The van der Waals surface area contributed by atoms with Crippen LogP contribution in [0.3, 0.4) is 0 Å². The molecule has 1 fully saturated rings. The number of hydrogen-bond acceptors (Lipinski definition) is 4. The van der Waals surface area contributed by atoms with E-state index in [2.05, 4.69) is 25.8 Å². The van der Waals surface area contributed by atoms with E-state index in [0.717, 1.165) is 49.4 Å².